The molecule has 0 saturated heterocycles. The standard InChI is InChI=1S/C28H25FN10O2/c1-16(2)22-14-26(39(37-22)18-4-5-25-30-10-11-38(25)15-18)35-27(40)33-23-13-24(17(3)12-19(23)29)41-28-31-8-6-20(34-28)21-7-9-32-36-21/h4-16H,1-3H3,(H,32,36)(H2,33,35,40). The number of carbonyl (C=O) groups excluding carboxylic acids is 1. The number of nitrogens with one attached hydrogen (secondary N) is 3. The van der Waals surface area contributed by atoms with E-state index in [0.717, 1.165) is 11.3 Å². The van der Waals surface area contributed by atoms with Gasteiger partial charge in [0.25, 0.3) is 0 Å². The van der Waals surface area contributed by atoms with Crippen LogP contribution in [0.1, 0.15) is 31.0 Å². The van der Waals surface area contributed by atoms with Crippen molar-refractivity contribution in [3.63, 3.8) is 0 Å². The number of nitrogens with zero attached hydrogens (tertiary/aromatic N) is 7. The number of fused-ring (bicyclic) bond motifs is 1. The van der Waals surface area contributed by atoms with Crippen molar-refractivity contribution in [2.75, 3.05) is 10.6 Å². The van der Waals surface area contributed by atoms with Crippen molar-refractivity contribution in [2.45, 2.75) is 26.7 Å². The Kier molecular flexibility index (Phi) is 6.59. The number of amides is 2. The van der Waals surface area contributed by atoms with Crippen molar-refractivity contribution in [3.8, 4) is 28.8 Å². The lowest BCUT2D eigenvalue weighted by atomic mass is 10.1. The molecule has 6 rings (SSSR count). The molecule has 41 heavy (non-hydrogen) atoms. The Hall–Kier alpha value is -5.59. The number of anilines is 2. The van der Waals surface area contributed by atoms with Crippen molar-refractivity contribution in [1.29, 1.82) is 0 Å². The summed E-state index contributed by atoms with van der Waals surface area (Å²) in [4.78, 5) is 25.9. The highest BCUT2D eigenvalue weighted by atomic mass is 19.1. The van der Waals surface area contributed by atoms with Crippen LogP contribution < -0.4 is 15.4 Å². The van der Waals surface area contributed by atoms with Gasteiger partial charge in [0.2, 0.25) is 0 Å². The van der Waals surface area contributed by atoms with E-state index in [0.29, 0.717) is 28.5 Å². The molecular formula is C28H25FN10O2. The van der Waals surface area contributed by atoms with Gasteiger partial charge in [-0.15, -0.1) is 0 Å². The first-order valence-corrected chi connectivity index (χ1v) is 12.8. The molecule has 5 aromatic heterocycles. The molecule has 0 fully saturated rings. The van der Waals surface area contributed by atoms with Crippen LogP contribution in [0.5, 0.6) is 11.8 Å². The minimum absolute atomic E-state index is 0.0576. The Balaban J connectivity index is 1.24. The third-order valence-corrected chi connectivity index (χ3v) is 6.30. The largest absolute Gasteiger partial charge is 0.424 e. The van der Waals surface area contributed by atoms with E-state index < -0.39 is 11.8 Å². The fourth-order valence-corrected chi connectivity index (χ4v) is 4.17. The summed E-state index contributed by atoms with van der Waals surface area (Å²) < 4.78 is 24.3. The summed E-state index contributed by atoms with van der Waals surface area (Å²) in [5.41, 5.74) is 3.96. The van der Waals surface area contributed by atoms with E-state index in [2.05, 4.69) is 40.9 Å². The molecule has 6 aromatic rings. The number of aromatic amines is 1. The number of ether oxygens (including phenoxy) is 1. The highest BCUT2D eigenvalue weighted by Gasteiger charge is 2.18. The zero-order valence-corrected chi connectivity index (χ0v) is 22.3. The zero-order chi connectivity index (χ0) is 28.5. The van der Waals surface area contributed by atoms with Gasteiger partial charge in [0.15, 0.2) is 0 Å². The average molecular weight is 553 g/mol. The van der Waals surface area contributed by atoms with Gasteiger partial charge in [0.1, 0.15) is 23.0 Å². The summed E-state index contributed by atoms with van der Waals surface area (Å²) in [6.07, 6.45) is 8.53. The Morgan fingerprint density at radius 1 is 1.05 bits per heavy atom. The Labute approximate surface area is 233 Å². The number of imidazole rings is 1. The molecule has 12 nitrogen and oxygen atoms in total. The number of pyridine rings is 1. The van der Waals surface area contributed by atoms with Gasteiger partial charge in [-0.2, -0.15) is 15.2 Å². The maximum Gasteiger partial charge on any atom is 0.324 e. The summed E-state index contributed by atoms with van der Waals surface area (Å²) in [6, 6.07) is 11.0. The van der Waals surface area contributed by atoms with Crippen molar-refractivity contribution in [1.82, 2.24) is 39.3 Å². The van der Waals surface area contributed by atoms with E-state index in [1.807, 2.05) is 42.8 Å². The van der Waals surface area contributed by atoms with Crippen LogP contribution in [0.25, 0.3) is 22.7 Å². The number of aromatic nitrogens is 8. The van der Waals surface area contributed by atoms with Gasteiger partial charge in [0, 0.05) is 43.1 Å². The van der Waals surface area contributed by atoms with Crippen LogP contribution in [-0.4, -0.2) is 45.4 Å². The topological polar surface area (TPSA) is 140 Å². The van der Waals surface area contributed by atoms with E-state index in [1.165, 1.54) is 12.1 Å². The molecule has 0 spiro atoms. The molecule has 0 aliphatic heterocycles. The minimum atomic E-state index is -0.656. The van der Waals surface area contributed by atoms with E-state index in [4.69, 9.17) is 4.74 Å². The van der Waals surface area contributed by atoms with Crippen LogP contribution in [0.15, 0.2) is 73.4 Å². The predicted molar refractivity (Wildman–Crippen MR) is 150 cm³/mol. The van der Waals surface area contributed by atoms with E-state index in [-0.39, 0.29) is 23.4 Å². The first kappa shape index (κ1) is 25.7. The Bertz CT molecular complexity index is 1860. The van der Waals surface area contributed by atoms with Crippen LogP contribution in [0.2, 0.25) is 0 Å². The molecule has 1 aromatic carbocycles. The average Bonchev–Trinajstić information content (AvgIpc) is 3.72. The number of carbonyl (C=O) groups is 1. The third kappa shape index (κ3) is 5.32. The molecule has 2 amide bonds. The van der Waals surface area contributed by atoms with Crippen LogP contribution in [0.4, 0.5) is 20.7 Å². The van der Waals surface area contributed by atoms with Gasteiger partial charge in [-0.1, -0.05) is 13.8 Å². The van der Waals surface area contributed by atoms with Gasteiger partial charge >= 0.3 is 12.0 Å². The van der Waals surface area contributed by atoms with E-state index in [1.54, 1.807) is 48.4 Å². The van der Waals surface area contributed by atoms with Crippen LogP contribution in [0.3, 0.4) is 0 Å². The quantitative estimate of drug-likeness (QED) is 0.231. The van der Waals surface area contributed by atoms with Crippen molar-refractivity contribution < 1.29 is 13.9 Å². The molecular weight excluding hydrogens is 527 g/mol. The summed E-state index contributed by atoms with van der Waals surface area (Å²) >= 11 is 0. The second-order valence-electron chi connectivity index (χ2n) is 9.57. The van der Waals surface area contributed by atoms with Gasteiger partial charge in [-0.25, -0.2) is 23.8 Å². The smallest absolute Gasteiger partial charge is 0.324 e. The molecule has 0 atom stereocenters. The number of rotatable bonds is 7. The maximum absolute atomic E-state index is 14.9. The van der Waals surface area contributed by atoms with E-state index in [9.17, 15) is 9.18 Å². The van der Waals surface area contributed by atoms with Crippen LogP contribution in [-0.2, 0) is 0 Å². The summed E-state index contributed by atoms with van der Waals surface area (Å²) in [6.45, 7) is 5.70. The van der Waals surface area contributed by atoms with Gasteiger partial charge in [-0.3, -0.25) is 10.4 Å². The molecule has 0 radical (unpaired) electrons. The fraction of sp³-hybridized carbons (Fsp3) is 0.143. The lowest BCUT2D eigenvalue weighted by Gasteiger charge is -2.13. The number of H-pyrrole nitrogens is 1. The predicted octanol–water partition coefficient (Wildman–Crippen LogP) is 5.71. The van der Waals surface area contributed by atoms with Crippen molar-refractivity contribution >= 4 is 23.2 Å². The second kappa shape index (κ2) is 10.5. The van der Waals surface area contributed by atoms with Crippen molar-refractivity contribution in [2.24, 2.45) is 0 Å². The maximum atomic E-state index is 14.9. The molecule has 0 unspecified atom stereocenters. The SMILES string of the molecule is Cc1cc(F)c(NC(=O)Nc2cc(C(C)C)nn2-c2ccc3nccn3c2)cc1Oc1nccc(-c2ccn[nH]2)n1. The highest BCUT2D eigenvalue weighted by Crippen LogP contribution is 2.30. The van der Waals surface area contributed by atoms with E-state index >= 15 is 0 Å². The number of hydrogen-bond donors (Lipinski definition) is 3. The molecule has 0 saturated carbocycles. The minimum Gasteiger partial charge on any atom is -0.424 e. The van der Waals surface area contributed by atoms with Crippen molar-refractivity contribution in [3.05, 3.63) is 90.5 Å². The summed E-state index contributed by atoms with van der Waals surface area (Å²) in [7, 11) is 0. The van der Waals surface area contributed by atoms with Gasteiger partial charge in [0.05, 0.1) is 28.5 Å². The lowest BCUT2D eigenvalue weighted by Crippen LogP contribution is -2.22. The first-order valence-electron chi connectivity index (χ1n) is 12.8. The van der Waals surface area contributed by atoms with Gasteiger partial charge < -0.3 is 14.5 Å². The Morgan fingerprint density at radius 2 is 1.93 bits per heavy atom. The molecule has 0 aliphatic rings. The molecule has 0 bridgehead atoms. The van der Waals surface area contributed by atoms with Crippen LogP contribution >= 0.6 is 0 Å². The number of urea groups is 1. The zero-order valence-electron chi connectivity index (χ0n) is 22.3. The highest BCUT2D eigenvalue weighted by molar-refractivity contribution is 5.99. The number of aryl methyl sites for hydroxylation is 1. The molecule has 5 heterocycles. The molecule has 206 valence electrons. The number of halogens is 1. The first-order chi connectivity index (χ1) is 19.8. The summed E-state index contributed by atoms with van der Waals surface area (Å²) in [5, 5.41) is 16.8. The monoisotopic (exact) mass is 552 g/mol. The van der Waals surface area contributed by atoms with Crippen LogP contribution in [0, 0.1) is 12.7 Å². The lowest BCUT2D eigenvalue weighted by molar-refractivity contribution is 0.262. The number of hydrogen-bond acceptors (Lipinski definition) is 7. The van der Waals surface area contributed by atoms with Gasteiger partial charge in [-0.05, 0) is 48.7 Å². The Morgan fingerprint density at radius 3 is 2.73 bits per heavy atom. The summed E-state index contributed by atoms with van der Waals surface area (Å²) in [5.74, 6) is 0.182. The fourth-order valence-electron chi connectivity index (χ4n) is 4.17. The normalized spacial score (nSPS) is 11.2. The number of benzene rings is 1. The second-order valence-corrected chi connectivity index (χ2v) is 9.57. The molecule has 13 heteroatoms. The third-order valence-electron chi connectivity index (χ3n) is 6.30. The molecule has 0 aliphatic carbocycles. The molecule has 3 N–H and O–H groups in total.